The van der Waals surface area contributed by atoms with Gasteiger partial charge in [-0.2, -0.15) is 5.26 Å². The normalized spacial score (nSPS) is 18.1. The number of aromatic carboxylic acids is 1. The largest absolute Gasteiger partial charge is 0.497 e. The molecule has 28 heteroatoms. The molecule has 1 spiro atoms. The molecule has 5 fully saturated rings. The standard InChI is InChI=1S/C15H18N2O2S.C11H13NO.C8H11NO.C7H7NO3.C7H11NO3.C7H11NO2S.C6H9NO3.2H2O.Pd/c1-19-12-4-2-11(3-5-12)9-17-10-15(14(17)18)6-7-16-13(20)8-15;1-13-11-7-5-10(6-8-11)4-2-3-9-12;1-10-8-4-2-7(6-9)3-5-8;1-4-2-5(7(10)11)3-6(9)8-4;1-11-7(10)5-2-3-8-6(9)4-5;1-10-7(9)5-2-3-8-6(11)4-5;8-5-3-4(6(9)10)1-2-7-5;;;/h2-5H,6-10H2,1H3,(H,16,20);5-8H,2-4H2,1H3;2-5H,6,9H2,1H3;2-3H,1H3,(H,8,9)(H,10,11);5H,2-4H2,1H3,(H,8,9);5H,2-4H2,1H3,(H,8,11);4H,1-3H2,(H,7,8)(H,9,10);2*1H2;. The number of β-lactam (4-membered cyclic amide) rings is 1. The van der Waals surface area contributed by atoms with Gasteiger partial charge in [0.25, 0.3) is 0 Å². The number of methoxy groups -OCH3 is 5. The van der Waals surface area contributed by atoms with Crippen molar-refractivity contribution in [1.29, 1.82) is 5.26 Å². The Morgan fingerprint density at radius 3 is 1.53 bits per heavy atom. The van der Waals surface area contributed by atoms with Gasteiger partial charge in [-0.3, -0.25) is 33.6 Å². The molecule has 89 heavy (non-hydrogen) atoms. The van der Waals surface area contributed by atoms with Gasteiger partial charge < -0.3 is 81.7 Å². The molecule has 4 atom stereocenters. The van der Waals surface area contributed by atoms with E-state index in [1.54, 1.807) is 28.3 Å². The van der Waals surface area contributed by atoms with E-state index in [1.165, 1.54) is 25.8 Å². The Bertz CT molecular complexity index is 2920. The van der Waals surface area contributed by atoms with Crippen LogP contribution in [0.1, 0.15) is 97.0 Å². The number of aliphatic carboxylic acids is 1. The number of carboxylic acid groups (broad SMARTS) is 2. The molecule has 5 aliphatic heterocycles. The Kier molecular flexibility index (Phi) is 39.8. The molecule has 0 saturated carbocycles. The molecular formula is C61H84N8O17PdS2. The number of nitrogens with two attached hydrogens (primary N) is 1. The molecule has 0 radical (unpaired) electrons. The fraction of sp³-hybridized carbons (Fsp3) is 0.459. The molecule has 5 saturated heterocycles. The number of aryl methyl sites for hydroxylation is 2. The van der Waals surface area contributed by atoms with E-state index in [1.807, 2.05) is 77.7 Å². The first-order chi connectivity index (χ1) is 41.1. The van der Waals surface area contributed by atoms with E-state index in [0.717, 1.165) is 89.7 Å². The van der Waals surface area contributed by atoms with Crippen molar-refractivity contribution in [2.75, 3.05) is 68.3 Å². The number of likely N-dealkylation sites (tertiary alicyclic amines) is 1. The van der Waals surface area contributed by atoms with Crippen LogP contribution in [0.4, 0.5) is 0 Å². The fourth-order valence-electron chi connectivity index (χ4n) is 9.07. The van der Waals surface area contributed by atoms with E-state index in [2.05, 4.69) is 41.8 Å². The third-order valence-corrected chi connectivity index (χ3v) is 14.5. The number of amides is 3. The number of carboxylic acids is 2. The zero-order valence-corrected chi connectivity index (χ0v) is 54.0. The van der Waals surface area contributed by atoms with Crippen molar-refractivity contribution in [3.63, 3.8) is 0 Å². The van der Waals surface area contributed by atoms with Gasteiger partial charge >= 0.3 is 23.9 Å². The number of aromatic nitrogens is 1. The number of esters is 2. The maximum atomic E-state index is 12.4. The predicted octanol–water partition coefficient (Wildman–Crippen LogP) is 3.93. The number of rotatable bonds is 13. The summed E-state index contributed by atoms with van der Waals surface area (Å²) in [5.74, 6) is -0.466. The van der Waals surface area contributed by atoms with Gasteiger partial charge in [-0.15, -0.1) is 0 Å². The molecular weight excluding hydrogens is 1290 g/mol. The van der Waals surface area contributed by atoms with Gasteiger partial charge in [0, 0.05) is 110 Å². The monoisotopic (exact) mass is 1370 g/mol. The van der Waals surface area contributed by atoms with Crippen molar-refractivity contribution >= 4 is 76.0 Å². The summed E-state index contributed by atoms with van der Waals surface area (Å²) in [6, 6.07) is 28.1. The number of benzene rings is 3. The van der Waals surface area contributed by atoms with E-state index in [-0.39, 0.29) is 102 Å². The minimum Gasteiger partial charge on any atom is -0.497 e. The first-order valence-corrected chi connectivity index (χ1v) is 28.6. The minimum atomic E-state index is -1.08. The molecule has 1 aromatic heterocycles. The van der Waals surface area contributed by atoms with Crippen LogP contribution in [0, 0.1) is 41.4 Å². The summed E-state index contributed by atoms with van der Waals surface area (Å²) in [6.45, 7) is 6.40. The van der Waals surface area contributed by atoms with Gasteiger partial charge in [-0.05, 0) is 105 Å². The number of carbonyl (C=O) groups excluding carboxylic acids is 5. The van der Waals surface area contributed by atoms with Gasteiger partial charge in [0.1, 0.15) is 17.2 Å². The number of pyridine rings is 1. The third kappa shape index (κ3) is 29.8. The van der Waals surface area contributed by atoms with Crippen LogP contribution in [0.15, 0.2) is 89.7 Å². The predicted molar refractivity (Wildman–Crippen MR) is 336 cm³/mol. The summed E-state index contributed by atoms with van der Waals surface area (Å²) < 4.78 is 24.3. The summed E-state index contributed by atoms with van der Waals surface area (Å²) in [4.78, 5) is 93.0. The Hall–Kier alpha value is -7.89. The average Bonchev–Trinajstić information content (AvgIpc) is 1.08. The minimum absolute atomic E-state index is 0. The molecule has 4 unspecified atom stereocenters. The SMILES string of the molecule is COC(=O)C1CCNC(=O)C1.COC(=O)C1CCNC(=S)C1.COc1ccc(CCCC#N)cc1.COc1ccc(CN)cc1.COc1ccc(CN2CC3(CCNC(=S)C3)C2=O)cc1.Cc1cc(C(=O)O)cc(=O)[nH]1.O.O.O=C1CC(C(=O)O)CCN1.[Pd]. The average molecular weight is 1370 g/mol. The molecule has 3 amide bonds. The Morgan fingerprint density at radius 2 is 1.12 bits per heavy atom. The van der Waals surface area contributed by atoms with Crippen molar-refractivity contribution in [3.8, 4) is 23.3 Å². The van der Waals surface area contributed by atoms with Crippen molar-refractivity contribution in [2.24, 2.45) is 28.9 Å². The van der Waals surface area contributed by atoms with Crippen molar-refractivity contribution in [3.05, 3.63) is 123 Å². The van der Waals surface area contributed by atoms with Crippen LogP contribution < -0.4 is 46.8 Å². The Balaban J connectivity index is 0.00000103. The summed E-state index contributed by atoms with van der Waals surface area (Å²) in [6.07, 6.45) is 7.26. The van der Waals surface area contributed by atoms with E-state index in [0.29, 0.717) is 64.0 Å². The molecule has 4 aromatic rings. The molecule has 0 aliphatic carbocycles. The number of piperidine rings is 4. The zero-order chi connectivity index (χ0) is 63.6. The molecule has 5 aliphatic rings. The second-order valence-corrected chi connectivity index (χ2v) is 21.2. The van der Waals surface area contributed by atoms with Crippen LogP contribution >= 0.6 is 24.4 Å². The van der Waals surface area contributed by atoms with Crippen molar-refractivity contribution in [2.45, 2.75) is 90.6 Å². The number of nitrogens with one attached hydrogen (secondary N) is 5. The van der Waals surface area contributed by atoms with Crippen LogP contribution in [0.25, 0.3) is 0 Å². The summed E-state index contributed by atoms with van der Waals surface area (Å²) >= 11 is 10.1. The maximum absolute atomic E-state index is 12.4. The van der Waals surface area contributed by atoms with Crippen molar-refractivity contribution < 1.29 is 98.8 Å². The quantitative estimate of drug-likeness (QED) is 0.0309. The molecule has 25 nitrogen and oxygen atoms in total. The summed E-state index contributed by atoms with van der Waals surface area (Å²) in [7, 11) is 7.71. The van der Waals surface area contributed by atoms with Gasteiger partial charge in [-0.1, -0.05) is 60.8 Å². The number of unbranched alkanes of at least 4 members (excludes halogenated alkanes) is 1. The Labute approximate surface area is 542 Å². The second-order valence-electron chi connectivity index (χ2n) is 20.2. The number of ether oxygens (including phenoxy) is 5. The number of nitriles is 1. The van der Waals surface area contributed by atoms with Gasteiger partial charge in [0.05, 0.1) is 80.3 Å². The van der Waals surface area contributed by atoms with Crippen LogP contribution in [0.5, 0.6) is 17.2 Å². The van der Waals surface area contributed by atoms with Gasteiger partial charge in [0.15, 0.2) is 0 Å². The molecule has 3 aromatic carbocycles. The summed E-state index contributed by atoms with van der Waals surface area (Å²) in [5, 5.41) is 36.7. The molecule has 6 heterocycles. The number of thiocarbonyl (C=S) groups is 2. The zero-order valence-electron chi connectivity index (χ0n) is 50.8. The van der Waals surface area contributed by atoms with Gasteiger partial charge in [-0.25, -0.2) is 4.79 Å². The van der Waals surface area contributed by atoms with E-state index < -0.39 is 17.9 Å². The number of aromatic amines is 1. The Morgan fingerprint density at radius 1 is 0.663 bits per heavy atom. The van der Waals surface area contributed by atoms with Crippen LogP contribution in [-0.2, 0) is 78.2 Å². The maximum Gasteiger partial charge on any atom is 0.335 e. The van der Waals surface area contributed by atoms with Crippen LogP contribution in [0.3, 0.4) is 0 Å². The topological polar surface area (TPSA) is 403 Å². The number of H-pyrrole nitrogens is 1. The first kappa shape index (κ1) is 81.1. The first-order valence-electron chi connectivity index (χ1n) is 27.8. The van der Waals surface area contributed by atoms with Crippen molar-refractivity contribution in [1.82, 2.24) is 31.2 Å². The fourth-order valence-corrected chi connectivity index (χ4v) is 9.76. The van der Waals surface area contributed by atoms with E-state index in [9.17, 15) is 38.4 Å². The summed E-state index contributed by atoms with van der Waals surface area (Å²) in [5.41, 5.74) is 8.89. The second kappa shape index (κ2) is 43.7. The smallest absolute Gasteiger partial charge is 0.335 e. The molecule has 9 rings (SSSR count). The molecule has 492 valence electrons. The van der Waals surface area contributed by atoms with Crippen LogP contribution in [-0.4, -0.2) is 151 Å². The van der Waals surface area contributed by atoms with Crippen LogP contribution in [0.2, 0.25) is 0 Å². The van der Waals surface area contributed by atoms with E-state index >= 15 is 0 Å². The van der Waals surface area contributed by atoms with E-state index in [4.69, 9.17) is 59.9 Å². The van der Waals surface area contributed by atoms with Gasteiger partial charge in [0.2, 0.25) is 23.3 Å². The number of nitrogens with zero attached hydrogens (tertiary/aromatic N) is 2. The number of hydrogen-bond donors (Lipinski definition) is 8. The third-order valence-electron chi connectivity index (χ3n) is 13.9. The number of hydrogen-bond acceptors (Lipinski definition) is 17. The molecule has 0 bridgehead atoms. The number of carbonyl (C=O) groups is 7. The molecule has 13 N–H and O–H groups in total.